The number of hydrogen-bond donors (Lipinski definition) is 5. The monoisotopic (exact) mass is 507 g/mol. The highest BCUT2D eigenvalue weighted by molar-refractivity contribution is 6.00. The molecule has 1 saturated heterocycles. The predicted molar refractivity (Wildman–Crippen MR) is 135 cm³/mol. The van der Waals surface area contributed by atoms with Gasteiger partial charge in [0.25, 0.3) is 5.91 Å². The van der Waals surface area contributed by atoms with Crippen molar-refractivity contribution in [2.45, 2.75) is 26.3 Å². The molecule has 0 bridgehead atoms. The van der Waals surface area contributed by atoms with E-state index in [9.17, 15) is 20.3 Å². The Morgan fingerprint density at radius 2 is 1.97 bits per heavy atom. The number of fused-ring (bicyclic) bond motifs is 2. The molecule has 2 aromatic heterocycles. The van der Waals surface area contributed by atoms with Crippen molar-refractivity contribution in [3.8, 4) is 17.6 Å². The first kappa shape index (κ1) is 24.6. The third kappa shape index (κ3) is 4.36. The molecule has 12 heteroatoms. The highest BCUT2D eigenvalue weighted by atomic mass is 16.6. The third-order valence-electron chi connectivity index (χ3n) is 6.82. The number of carbonyl (C=O) groups is 1. The van der Waals surface area contributed by atoms with Gasteiger partial charge in [-0.05, 0) is 25.5 Å². The summed E-state index contributed by atoms with van der Waals surface area (Å²) in [5.74, 6) is 1.24. The Morgan fingerprint density at radius 1 is 1.24 bits per heavy atom. The van der Waals surface area contributed by atoms with Crippen molar-refractivity contribution < 1.29 is 24.5 Å². The number of H-pyrrole nitrogens is 1. The SMILES string of the molecule is CC[C@H](C)Nc1nc(Nc2ccc(C(=O)N3CC(CO)(CO)C3)c3c2OCCO3)nc2[nH]cc(C#N)c12. The van der Waals surface area contributed by atoms with Crippen LogP contribution in [0.1, 0.15) is 36.2 Å². The summed E-state index contributed by atoms with van der Waals surface area (Å²) in [6.45, 7) is 4.82. The van der Waals surface area contributed by atoms with Crippen LogP contribution in [0, 0.1) is 16.7 Å². The summed E-state index contributed by atoms with van der Waals surface area (Å²) >= 11 is 0. The molecule has 1 fully saturated rings. The Labute approximate surface area is 213 Å². The molecule has 37 heavy (non-hydrogen) atoms. The molecule has 2 aliphatic rings. The summed E-state index contributed by atoms with van der Waals surface area (Å²) in [6.07, 6.45) is 2.46. The maximum atomic E-state index is 13.2. The molecular formula is C25H29N7O5. The number of benzene rings is 1. The molecule has 2 aliphatic heterocycles. The van der Waals surface area contributed by atoms with E-state index >= 15 is 0 Å². The van der Waals surface area contributed by atoms with E-state index in [1.165, 1.54) is 0 Å². The second kappa shape index (κ2) is 9.76. The maximum Gasteiger partial charge on any atom is 0.257 e. The molecule has 4 heterocycles. The number of aliphatic hydroxyl groups excluding tert-OH is 2. The van der Waals surface area contributed by atoms with Gasteiger partial charge in [0.05, 0.1) is 40.8 Å². The van der Waals surface area contributed by atoms with Crippen LogP contribution < -0.4 is 20.1 Å². The summed E-state index contributed by atoms with van der Waals surface area (Å²) in [4.78, 5) is 26.9. The van der Waals surface area contributed by atoms with Gasteiger partial charge in [-0.1, -0.05) is 6.92 Å². The standard InChI is InChI=1S/C25H29N7O5/c1-3-14(2)28-22-18-15(8-26)9-27-21(18)30-24(31-22)29-17-5-4-16(19-20(17)37-7-6-36-19)23(35)32-10-25(11-32,12-33)13-34/h4-5,9,14,33-34H,3,6-7,10-13H2,1-2H3,(H3,27,28,29,30,31)/t14-/m0/s1. The van der Waals surface area contributed by atoms with Crippen molar-refractivity contribution in [3.05, 3.63) is 29.5 Å². The maximum absolute atomic E-state index is 13.2. The van der Waals surface area contributed by atoms with Crippen LogP contribution >= 0.6 is 0 Å². The van der Waals surface area contributed by atoms with Gasteiger partial charge in [0, 0.05) is 25.3 Å². The second-order valence-corrected chi connectivity index (χ2v) is 9.51. The molecule has 1 aromatic carbocycles. The summed E-state index contributed by atoms with van der Waals surface area (Å²) in [5, 5.41) is 35.8. The van der Waals surface area contributed by atoms with E-state index in [1.54, 1.807) is 23.2 Å². The van der Waals surface area contributed by atoms with Crippen LogP contribution in [-0.4, -0.2) is 81.5 Å². The summed E-state index contributed by atoms with van der Waals surface area (Å²) < 4.78 is 11.7. The molecule has 0 spiro atoms. The van der Waals surface area contributed by atoms with E-state index in [2.05, 4.69) is 38.6 Å². The van der Waals surface area contributed by atoms with Crippen molar-refractivity contribution in [2.75, 3.05) is 50.2 Å². The minimum absolute atomic E-state index is 0.124. The summed E-state index contributed by atoms with van der Waals surface area (Å²) in [7, 11) is 0. The van der Waals surface area contributed by atoms with E-state index in [0.29, 0.717) is 58.4 Å². The quantitative estimate of drug-likeness (QED) is 0.304. The number of anilines is 3. The molecular weight excluding hydrogens is 478 g/mol. The van der Waals surface area contributed by atoms with Crippen molar-refractivity contribution in [3.63, 3.8) is 0 Å². The zero-order chi connectivity index (χ0) is 26.2. The fourth-order valence-electron chi connectivity index (χ4n) is 4.47. The Kier molecular flexibility index (Phi) is 6.49. The van der Waals surface area contributed by atoms with Gasteiger partial charge in [0.15, 0.2) is 11.5 Å². The highest BCUT2D eigenvalue weighted by Gasteiger charge is 2.45. The molecule has 0 unspecified atom stereocenters. The molecule has 0 aliphatic carbocycles. The first-order valence-corrected chi connectivity index (χ1v) is 12.2. The lowest BCUT2D eigenvalue weighted by Crippen LogP contribution is -2.62. The number of hydrogen-bond acceptors (Lipinski definition) is 10. The molecule has 1 atom stereocenters. The normalized spacial score (nSPS) is 16.6. The minimum atomic E-state index is -0.672. The van der Waals surface area contributed by atoms with Crippen LogP contribution in [0.15, 0.2) is 18.3 Å². The zero-order valence-corrected chi connectivity index (χ0v) is 20.7. The van der Waals surface area contributed by atoms with Gasteiger partial charge >= 0.3 is 0 Å². The number of nitriles is 1. The fourth-order valence-corrected chi connectivity index (χ4v) is 4.47. The Morgan fingerprint density at radius 3 is 2.65 bits per heavy atom. The average molecular weight is 508 g/mol. The summed E-state index contributed by atoms with van der Waals surface area (Å²) in [6, 6.07) is 5.65. The number of likely N-dealkylation sites (tertiary alicyclic amines) is 1. The summed E-state index contributed by atoms with van der Waals surface area (Å²) in [5.41, 5.74) is 1.14. The Hall–Kier alpha value is -4.08. The lowest BCUT2D eigenvalue weighted by molar-refractivity contribution is -0.0590. The molecule has 1 amide bonds. The number of amides is 1. The van der Waals surface area contributed by atoms with Crippen LogP contribution in [0.3, 0.4) is 0 Å². The minimum Gasteiger partial charge on any atom is -0.485 e. The van der Waals surface area contributed by atoms with E-state index in [4.69, 9.17) is 9.47 Å². The number of carbonyl (C=O) groups excluding carboxylic acids is 1. The smallest absolute Gasteiger partial charge is 0.257 e. The Balaban J connectivity index is 1.47. The van der Waals surface area contributed by atoms with Gasteiger partial charge in [-0.3, -0.25) is 4.79 Å². The van der Waals surface area contributed by atoms with E-state index in [1.807, 2.05) is 6.92 Å². The van der Waals surface area contributed by atoms with Crippen LogP contribution in [0.5, 0.6) is 11.5 Å². The van der Waals surface area contributed by atoms with Crippen LogP contribution in [0.2, 0.25) is 0 Å². The molecule has 5 rings (SSSR count). The molecule has 194 valence electrons. The first-order valence-electron chi connectivity index (χ1n) is 12.2. The van der Waals surface area contributed by atoms with Gasteiger partial charge in [-0.25, -0.2) is 0 Å². The van der Waals surface area contributed by atoms with E-state index in [0.717, 1.165) is 6.42 Å². The van der Waals surface area contributed by atoms with Crippen molar-refractivity contribution in [2.24, 2.45) is 5.41 Å². The second-order valence-electron chi connectivity index (χ2n) is 9.51. The lowest BCUT2D eigenvalue weighted by atomic mass is 9.81. The van der Waals surface area contributed by atoms with Gasteiger partial charge in [0.2, 0.25) is 5.95 Å². The topological polar surface area (TPSA) is 169 Å². The number of aromatic amines is 1. The average Bonchev–Trinajstić information content (AvgIpc) is 3.32. The Bertz CT molecular complexity index is 1370. The molecule has 5 N–H and O–H groups in total. The van der Waals surface area contributed by atoms with Crippen molar-refractivity contribution in [1.82, 2.24) is 19.9 Å². The van der Waals surface area contributed by atoms with Gasteiger partial charge in [0.1, 0.15) is 30.7 Å². The number of nitrogens with one attached hydrogen (secondary N) is 3. The number of ether oxygens (including phenoxy) is 2. The molecule has 3 aromatic rings. The molecule has 12 nitrogen and oxygen atoms in total. The zero-order valence-electron chi connectivity index (χ0n) is 20.7. The van der Waals surface area contributed by atoms with Crippen molar-refractivity contribution >= 4 is 34.4 Å². The lowest BCUT2D eigenvalue weighted by Gasteiger charge is -2.48. The fraction of sp³-hybridized carbons (Fsp3) is 0.440. The van der Waals surface area contributed by atoms with Gasteiger partial charge < -0.3 is 40.2 Å². The number of rotatable bonds is 8. The predicted octanol–water partition coefficient (Wildman–Crippen LogP) is 1.98. The first-order chi connectivity index (χ1) is 17.9. The van der Waals surface area contributed by atoms with E-state index in [-0.39, 0.29) is 44.2 Å². The van der Waals surface area contributed by atoms with Gasteiger partial charge in [-0.15, -0.1) is 0 Å². The van der Waals surface area contributed by atoms with E-state index < -0.39 is 5.41 Å². The number of nitrogens with zero attached hydrogens (tertiary/aromatic N) is 4. The van der Waals surface area contributed by atoms with Gasteiger partial charge in [-0.2, -0.15) is 15.2 Å². The molecule has 0 radical (unpaired) electrons. The van der Waals surface area contributed by atoms with Crippen molar-refractivity contribution in [1.29, 1.82) is 5.26 Å². The van der Waals surface area contributed by atoms with Crippen LogP contribution in [0.4, 0.5) is 17.5 Å². The van der Waals surface area contributed by atoms with Crippen LogP contribution in [-0.2, 0) is 0 Å². The van der Waals surface area contributed by atoms with Crippen LogP contribution in [0.25, 0.3) is 11.0 Å². The third-order valence-corrected chi connectivity index (χ3v) is 6.82. The number of aromatic nitrogens is 3. The highest BCUT2D eigenvalue weighted by Crippen LogP contribution is 2.43. The molecule has 0 saturated carbocycles. The largest absolute Gasteiger partial charge is 0.485 e. The number of aliphatic hydroxyl groups is 2.